The van der Waals surface area contributed by atoms with Crippen molar-refractivity contribution in [3.8, 4) is 5.69 Å². The third-order valence-electron chi connectivity index (χ3n) is 3.21. The summed E-state index contributed by atoms with van der Waals surface area (Å²) in [6.07, 6.45) is 2.66. The van der Waals surface area contributed by atoms with Crippen molar-refractivity contribution in [3.63, 3.8) is 0 Å². The van der Waals surface area contributed by atoms with Crippen LogP contribution in [0.2, 0.25) is 5.02 Å². The molecular weight excluding hydrogens is 340 g/mol. The van der Waals surface area contributed by atoms with Crippen molar-refractivity contribution < 1.29 is 4.79 Å². The molecule has 100 valence electrons. The molecule has 0 radical (unpaired) electrons. The van der Waals surface area contributed by atoms with Crippen LogP contribution in [-0.4, -0.2) is 16.1 Å². The number of aldehydes is 1. The Bertz CT molecular complexity index is 826. The predicted octanol–water partition coefficient (Wildman–Crippen LogP) is 4.56. The zero-order valence-electron chi connectivity index (χ0n) is 10.6. The highest BCUT2D eigenvalue weighted by Gasteiger charge is 2.10. The average molecular weight is 350 g/mol. The second kappa shape index (κ2) is 5.04. The molecule has 0 amide bonds. The highest BCUT2D eigenvalue weighted by Crippen LogP contribution is 2.27. The minimum Gasteiger partial charge on any atom is -0.298 e. The maximum absolute atomic E-state index is 10.9. The van der Waals surface area contributed by atoms with Crippen LogP contribution >= 0.6 is 27.5 Å². The summed E-state index contributed by atoms with van der Waals surface area (Å²) in [5, 5.41) is 5.84. The van der Waals surface area contributed by atoms with Gasteiger partial charge in [-0.25, -0.2) is 4.68 Å². The normalized spacial score (nSPS) is 10.9. The first-order valence-corrected chi connectivity index (χ1v) is 7.17. The molecule has 1 heterocycles. The smallest absolute Gasteiger partial charge is 0.150 e. The molecule has 2 aromatic carbocycles. The average Bonchev–Trinajstić information content (AvgIpc) is 2.86. The van der Waals surface area contributed by atoms with Gasteiger partial charge in [0.15, 0.2) is 0 Å². The maximum Gasteiger partial charge on any atom is 0.150 e. The summed E-state index contributed by atoms with van der Waals surface area (Å²) in [4.78, 5) is 10.9. The van der Waals surface area contributed by atoms with Crippen molar-refractivity contribution in [2.75, 3.05) is 0 Å². The van der Waals surface area contributed by atoms with Crippen LogP contribution in [0.25, 0.3) is 16.6 Å². The van der Waals surface area contributed by atoms with Gasteiger partial charge in [0.2, 0.25) is 0 Å². The first-order chi connectivity index (χ1) is 9.60. The Balaban J connectivity index is 2.25. The minimum atomic E-state index is 0.482. The molecule has 0 aliphatic heterocycles. The molecule has 20 heavy (non-hydrogen) atoms. The number of aromatic nitrogens is 2. The zero-order chi connectivity index (χ0) is 14.3. The third-order valence-corrected chi connectivity index (χ3v) is 4.35. The first-order valence-electron chi connectivity index (χ1n) is 6.00. The number of carbonyl (C=O) groups is 1. The number of carbonyl (C=O) groups excluding carboxylic acids is 1. The van der Waals surface area contributed by atoms with Gasteiger partial charge in [0, 0.05) is 21.6 Å². The number of nitrogens with zero attached hydrogens (tertiary/aromatic N) is 2. The lowest BCUT2D eigenvalue weighted by molar-refractivity contribution is 0.112. The highest BCUT2D eigenvalue weighted by atomic mass is 79.9. The molecule has 0 atom stereocenters. The number of halogens is 2. The second-order valence-electron chi connectivity index (χ2n) is 4.52. The van der Waals surface area contributed by atoms with Crippen LogP contribution in [0.1, 0.15) is 15.9 Å². The summed E-state index contributed by atoms with van der Waals surface area (Å²) < 4.78 is 2.81. The van der Waals surface area contributed by atoms with E-state index in [2.05, 4.69) is 21.0 Å². The van der Waals surface area contributed by atoms with Gasteiger partial charge in [0.25, 0.3) is 0 Å². The van der Waals surface area contributed by atoms with Gasteiger partial charge in [0.1, 0.15) is 11.8 Å². The van der Waals surface area contributed by atoms with Crippen molar-refractivity contribution >= 4 is 44.7 Å². The Morgan fingerprint density at radius 1 is 1.35 bits per heavy atom. The van der Waals surface area contributed by atoms with Crippen LogP contribution in [-0.2, 0) is 0 Å². The first kappa shape index (κ1) is 13.3. The summed E-state index contributed by atoms with van der Waals surface area (Å²) in [6.45, 7) is 2.02. The van der Waals surface area contributed by atoms with E-state index in [1.165, 1.54) is 0 Å². The Morgan fingerprint density at radius 2 is 2.15 bits per heavy atom. The Morgan fingerprint density at radius 3 is 2.90 bits per heavy atom. The van der Waals surface area contributed by atoms with Gasteiger partial charge in [-0.3, -0.25) is 4.79 Å². The molecular formula is C15H10BrClN2O. The van der Waals surface area contributed by atoms with Gasteiger partial charge >= 0.3 is 0 Å². The van der Waals surface area contributed by atoms with Crippen molar-refractivity contribution in [2.45, 2.75) is 6.92 Å². The SMILES string of the molecule is Cc1c(Br)cccc1-n1cc2cc(C=O)cc(Cl)c2n1. The van der Waals surface area contributed by atoms with E-state index in [1.54, 1.807) is 16.8 Å². The molecule has 0 aliphatic rings. The molecule has 1 aromatic heterocycles. The Labute approximate surface area is 129 Å². The lowest BCUT2D eigenvalue weighted by Gasteiger charge is -2.06. The van der Waals surface area contributed by atoms with Gasteiger partial charge in [-0.2, -0.15) is 5.10 Å². The summed E-state index contributed by atoms with van der Waals surface area (Å²) in [5.41, 5.74) is 3.30. The van der Waals surface area contributed by atoms with Gasteiger partial charge in [-0.15, -0.1) is 0 Å². The van der Waals surface area contributed by atoms with E-state index < -0.39 is 0 Å². The van der Waals surface area contributed by atoms with Gasteiger partial charge < -0.3 is 0 Å². The fraction of sp³-hybridized carbons (Fsp3) is 0.0667. The topological polar surface area (TPSA) is 34.9 Å². The van der Waals surface area contributed by atoms with Gasteiger partial charge in [-0.1, -0.05) is 33.6 Å². The van der Waals surface area contributed by atoms with Gasteiger partial charge in [-0.05, 0) is 36.8 Å². The summed E-state index contributed by atoms with van der Waals surface area (Å²) in [7, 11) is 0. The predicted molar refractivity (Wildman–Crippen MR) is 83.9 cm³/mol. The maximum atomic E-state index is 10.9. The zero-order valence-corrected chi connectivity index (χ0v) is 12.9. The van der Waals surface area contributed by atoms with Gasteiger partial charge in [0.05, 0.1) is 10.7 Å². The number of rotatable bonds is 2. The van der Waals surface area contributed by atoms with Crippen LogP contribution in [0.3, 0.4) is 0 Å². The molecule has 3 aromatic rings. The summed E-state index contributed by atoms with van der Waals surface area (Å²) in [5.74, 6) is 0. The summed E-state index contributed by atoms with van der Waals surface area (Å²) >= 11 is 9.68. The molecule has 3 rings (SSSR count). The number of hydrogen-bond donors (Lipinski definition) is 0. The molecule has 0 spiro atoms. The van der Waals surface area contributed by atoms with E-state index in [9.17, 15) is 4.79 Å². The van der Waals surface area contributed by atoms with Crippen LogP contribution < -0.4 is 0 Å². The number of benzene rings is 2. The monoisotopic (exact) mass is 348 g/mol. The standard InChI is InChI=1S/C15H10BrClN2O/c1-9-12(16)3-2-4-14(9)19-7-11-5-10(8-20)6-13(17)15(11)18-19/h2-8H,1H3. The fourth-order valence-corrected chi connectivity index (χ4v) is 2.78. The van der Waals surface area contributed by atoms with Crippen LogP contribution in [0.5, 0.6) is 0 Å². The molecule has 0 saturated carbocycles. The lowest BCUT2D eigenvalue weighted by Crippen LogP contribution is -1.97. The van der Waals surface area contributed by atoms with Crippen molar-refractivity contribution in [1.29, 1.82) is 0 Å². The fourth-order valence-electron chi connectivity index (χ4n) is 2.15. The van der Waals surface area contributed by atoms with E-state index in [1.807, 2.05) is 31.3 Å². The van der Waals surface area contributed by atoms with E-state index in [0.717, 1.165) is 27.4 Å². The molecule has 3 nitrogen and oxygen atoms in total. The molecule has 0 unspecified atom stereocenters. The molecule has 0 N–H and O–H groups in total. The van der Waals surface area contributed by atoms with Crippen molar-refractivity contribution in [2.24, 2.45) is 0 Å². The quantitative estimate of drug-likeness (QED) is 0.636. The van der Waals surface area contributed by atoms with Crippen molar-refractivity contribution in [3.05, 3.63) is 57.2 Å². The Hall–Kier alpha value is -1.65. The van der Waals surface area contributed by atoms with Crippen molar-refractivity contribution in [1.82, 2.24) is 9.78 Å². The largest absolute Gasteiger partial charge is 0.298 e. The molecule has 0 aliphatic carbocycles. The van der Waals surface area contributed by atoms with E-state index in [0.29, 0.717) is 16.1 Å². The molecule has 5 heteroatoms. The molecule has 0 bridgehead atoms. The lowest BCUT2D eigenvalue weighted by atomic mass is 10.2. The van der Waals surface area contributed by atoms with Crippen LogP contribution in [0.4, 0.5) is 0 Å². The second-order valence-corrected chi connectivity index (χ2v) is 5.78. The summed E-state index contributed by atoms with van der Waals surface area (Å²) in [6, 6.07) is 9.34. The van der Waals surface area contributed by atoms with E-state index in [4.69, 9.17) is 11.6 Å². The third kappa shape index (κ3) is 2.15. The molecule has 0 fully saturated rings. The van der Waals surface area contributed by atoms with E-state index in [-0.39, 0.29) is 0 Å². The number of hydrogen-bond acceptors (Lipinski definition) is 2. The number of fused-ring (bicyclic) bond motifs is 1. The van der Waals surface area contributed by atoms with E-state index >= 15 is 0 Å². The minimum absolute atomic E-state index is 0.482. The molecule has 0 saturated heterocycles. The van der Waals surface area contributed by atoms with Crippen LogP contribution in [0.15, 0.2) is 41.0 Å². The van der Waals surface area contributed by atoms with Crippen LogP contribution in [0, 0.1) is 6.92 Å². The highest BCUT2D eigenvalue weighted by molar-refractivity contribution is 9.10. The Kier molecular flexibility index (Phi) is 3.36.